The molecule has 0 fully saturated rings. The molecule has 0 bridgehead atoms. The topological polar surface area (TPSA) is 76.7 Å². The van der Waals surface area contributed by atoms with Gasteiger partial charge in [-0.05, 0) is 26.0 Å². The van der Waals surface area contributed by atoms with E-state index >= 15 is 0 Å². The smallest absolute Gasteiger partial charge is 0.239 e. The predicted molar refractivity (Wildman–Crippen MR) is 102 cm³/mol. The average Bonchev–Trinajstić information content (AvgIpc) is 3.19. The lowest BCUT2D eigenvalue weighted by molar-refractivity contribution is 0.364. The van der Waals surface area contributed by atoms with Crippen molar-refractivity contribution in [3.8, 4) is 0 Å². The number of aryl methyl sites for hydroxylation is 1. The number of aromatic nitrogens is 4. The van der Waals surface area contributed by atoms with Gasteiger partial charge < -0.3 is 9.84 Å². The van der Waals surface area contributed by atoms with Crippen molar-refractivity contribution in [2.24, 2.45) is 0 Å². The highest BCUT2D eigenvalue weighted by molar-refractivity contribution is 8.01. The summed E-state index contributed by atoms with van der Waals surface area (Å²) in [7, 11) is 0. The van der Waals surface area contributed by atoms with Gasteiger partial charge in [-0.2, -0.15) is 4.98 Å². The SMILES string of the molecule is Cc1ccc(Nc2nnc(SC(C)c3nc(C(C)(C)C)no3)s2)cc1. The lowest BCUT2D eigenvalue weighted by Crippen LogP contribution is -2.13. The van der Waals surface area contributed by atoms with Crippen molar-refractivity contribution in [3.63, 3.8) is 0 Å². The molecule has 0 saturated heterocycles. The number of hydrogen-bond acceptors (Lipinski definition) is 8. The number of nitrogens with zero attached hydrogens (tertiary/aromatic N) is 4. The summed E-state index contributed by atoms with van der Waals surface area (Å²) < 4.78 is 6.26. The van der Waals surface area contributed by atoms with Crippen LogP contribution in [0.1, 0.15) is 50.2 Å². The standard InChI is InChI=1S/C17H21N5OS2/c1-10-6-8-12(9-7-10)18-15-20-21-16(25-15)24-11(2)13-19-14(22-23-13)17(3,4)5/h6-9,11H,1-5H3,(H,18,20). The molecular weight excluding hydrogens is 354 g/mol. The van der Waals surface area contributed by atoms with Crippen LogP contribution in [0, 0.1) is 6.92 Å². The van der Waals surface area contributed by atoms with E-state index in [1.807, 2.05) is 19.1 Å². The third kappa shape index (κ3) is 4.58. The van der Waals surface area contributed by atoms with Crippen molar-refractivity contribution in [3.05, 3.63) is 41.5 Å². The lowest BCUT2D eigenvalue weighted by atomic mass is 9.96. The third-order valence-electron chi connectivity index (χ3n) is 3.45. The molecule has 2 aromatic heterocycles. The molecule has 1 unspecified atom stereocenters. The van der Waals surface area contributed by atoms with Crippen LogP contribution in [0.2, 0.25) is 0 Å². The Hall–Kier alpha value is -1.93. The zero-order valence-corrected chi connectivity index (χ0v) is 16.5. The molecule has 1 atom stereocenters. The van der Waals surface area contributed by atoms with Crippen LogP contribution >= 0.6 is 23.1 Å². The molecule has 0 saturated carbocycles. The molecule has 132 valence electrons. The second-order valence-corrected chi connectivity index (χ2v) is 9.40. The summed E-state index contributed by atoms with van der Waals surface area (Å²) in [6.07, 6.45) is 0. The van der Waals surface area contributed by atoms with Crippen molar-refractivity contribution in [2.75, 3.05) is 5.32 Å². The van der Waals surface area contributed by atoms with Crippen LogP contribution in [0.5, 0.6) is 0 Å². The lowest BCUT2D eigenvalue weighted by Gasteiger charge is -2.11. The molecule has 0 aliphatic rings. The van der Waals surface area contributed by atoms with E-state index in [-0.39, 0.29) is 10.7 Å². The molecule has 8 heteroatoms. The predicted octanol–water partition coefficient (Wildman–Crippen LogP) is 5.12. The number of benzene rings is 1. The van der Waals surface area contributed by atoms with Crippen molar-refractivity contribution in [1.82, 2.24) is 20.3 Å². The third-order valence-corrected chi connectivity index (χ3v) is 5.46. The van der Waals surface area contributed by atoms with Gasteiger partial charge in [0.1, 0.15) is 0 Å². The zero-order valence-electron chi connectivity index (χ0n) is 14.9. The Morgan fingerprint density at radius 2 is 1.88 bits per heavy atom. The first-order chi connectivity index (χ1) is 11.8. The summed E-state index contributed by atoms with van der Waals surface area (Å²) in [6, 6.07) is 8.17. The average molecular weight is 376 g/mol. The molecule has 6 nitrogen and oxygen atoms in total. The maximum absolute atomic E-state index is 5.40. The van der Waals surface area contributed by atoms with Crippen molar-refractivity contribution in [2.45, 2.75) is 49.6 Å². The molecule has 3 aromatic rings. The number of anilines is 2. The summed E-state index contributed by atoms with van der Waals surface area (Å²) in [6.45, 7) is 10.3. The highest BCUT2D eigenvalue weighted by atomic mass is 32.2. The Labute approximate surface area is 155 Å². The van der Waals surface area contributed by atoms with Crippen LogP contribution in [0.3, 0.4) is 0 Å². The molecule has 2 heterocycles. The van der Waals surface area contributed by atoms with Crippen molar-refractivity contribution < 1.29 is 4.52 Å². The number of nitrogens with one attached hydrogen (secondary N) is 1. The molecule has 0 radical (unpaired) electrons. The van der Waals surface area contributed by atoms with Gasteiger partial charge in [0.25, 0.3) is 0 Å². The molecule has 0 aliphatic carbocycles. The van der Waals surface area contributed by atoms with Crippen LogP contribution in [0.15, 0.2) is 33.1 Å². The second-order valence-electron chi connectivity index (χ2n) is 6.83. The van der Waals surface area contributed by atoms with E-state index in [0.29, 0.717) is 11.7 Å². The Bertz CT molecular complexity index is 835. The Morgan fingerprint density at radius 1 is 1.16 bits per heavy atom. The zero-order chi connectivity index (χ0) is 18.0. The van der Waals surface area contributed by atoms with Crippen LogP contribution in [0.25, 0.3) is 0 Å². The second kappa shape index (κ2) is 7.13. The maximum Gasteiger partial charge on any atom is 0.239 e. The van der Waals surface area contributed by atoms with E-state index in [1.165, 1.54) is 16.9 Å². The van der Waals surface area contributed by atoms with Gasteiger partial charge in [0, 0.05) is 11.1 Å². The summed E-state index contributed by atoms with van der Waals surface area (Å²) in [4.78, 5) is 4.50. The Balaban J connectivity index is 1.64. The molecule has 0 spiro atoms. The van der Waals surface area contributed by atoms with Crippen LogP contribution in [-0.4, -0.2) is 20.3 Å². The number of thioether (sulfide) groups is 1. The highest BCUT2D eigenvalue weighted by Gasteiger charge is 2.24. The van der Waals surface area contributed by atoms with E-state index in [0.717, 1.165) is 15.2 Å². The van der Waals surface area contributed by atoms with Gasteiger partial charge in [0.2, 0.25) is 11.0 Å². The largest absolute Gasteiger partial charge is 0.338 e. The fraction of sp³-hybridized carbons (Fsp3) is 0.412. The molecule has 3 rings (SSSR count). The van der Waals surface area contributed by atoms with Gasteiger partial charge in [-0.3, -0.25) is 0 Å². The van der Waals surface area contributed by atoms with Gasteiger partial charge in [0.15, 0.2) is 10.2 Å². The molecule has 25 heavy (non-hydrogen) atoms. The van der Waals surface area contributed by atoms with Gasteiger partial charge >= 0.3 is 0 Å². The van der Waals surface area contributed by atoms with Crippen molar-refractivity contribution in [1.29, 1.82) is 0 Å². The van der Waals surface area contributed by atoms with Crippen LogP contribution in [-0.2, 0) is 5.41 Å². The van der Waals surface area contributed by atoms with E-state index in [9.17, 15) is 0 Å². The molecule has 0 amide bonds. The first-order valence-electron chi connectivity index (χ1n) is 7.99. The monoisotopic (exact) mass is 375 g/mol. The van der Waals surface area contributed by atoms with Gasteiger partial charge in [-0.1, -0.05) is 66.7 Å². The summed E-state index contributed by atoms with van der Waals surface area (Å²) in [5.41, 5.74) is 2.10. The minimum Gasteiger partial charge on any atom is -0.338 e. The van der Waals surface area contributed by atoms with Gasteiger partial charge in [-0.25, -0.2) is 0 Å². The molecular formula is C17H21N5OS2. The van der Waals surface area contributed by atoms with Gasteiger partial charge in [-0.15, -0.1) is 10.2 Å². The first kappa shape index (κ1) is 17.9. The van der Waals surface area contributed by atoms with Gasteiger partial charge in [0.05, 0.1) is 5.25 Å². The first-order valence-corrected chi connectivity index (χ1v) is 9.69. The van der Waals surface area contributed by atoms with Crippen molar-refractivity contribution >= 4 is 33.9 Å². The van der Waals surface area contributed by atoms with Crippen LogP contribution < -0.4 is 5.32 Å². The summed E-state index contributed by atoms with van der Waals surface area (Å²) in [5.74, 6) is 1.33. The summed E-state index contributed by atoms with van der Waals surface area (Å²) in [5, 5.41) is 16.5. The maximum atomic E-state index is 5.40. The van der Waals surface area contributed by atoms with E-state index < -0.39 is 0 Å². The quantitative estimate of drug-likeness (QED) is 0.620. The number of rotatable bonds is 5. The Kier molecular flexibility index (Phi) is 5.10. The molecule has 1 aromatic carbocycles. The van der Waals surface area contributed by atoms with E-state index in [1.54, 1.807) is 11.8 Å². The minimum absolute atomic E-state index is 0.0174. The molecule has 0 aliphatic heterocycles. The van der Waals surface area contributed by atoms with E-state index in [4.69, 9.17) is 4.52 Å². The summed E-state index contributed by atoms with van der Waals surface area (Å²) >= 11 is 3.07. The fourth-order valence-electron chi connectivity index (χ4n) is 1.97. The normalized spacial score (nSPS) is 13.0. The molecule has 1 N–H and O–H groups in total. The van der Waals surface area contributed by atoms with Crippen LogP contribution in [0.4, 0.5) is 10.8 Å². The highest BCUT2D eigenvalue weighted by Crippen LogP contribution is 2.37. The number of hydrogen-bond donors (Lipinski definition) is 1. The minimum atomic E-state index is -0.125. The van der Waals surface area contributed by atoms with E-state index in [2.05, 4.69) is 65.5 Å². The fourth-order valence-corrected chi connectivity index (χ4v) is 3.92. The Morgan fingerprint density at radius 3 is 2.52 bits per heavy atom.